The van der Waals surface area contributed by atoms with Gasteiger partial charge < -0.3 is 4.74 Å². The van der Waals surface area contributed by atoms with E-state index in [4.69, 9.17) is 4.74 Å². The monoisotopic (exact) mass is 434 g/mol. The molecule has 0 bridgehead atoms. The first-order valence-corrected chi connectivity index (χ1v) is 11.0. The number of nitriles is 2. The van der Waals surface area contributed by atoms with Crippen LogP contribution in [0.15, 0.2) is 91.0 Å². The van der Waals surface area contributed by atoms with Gasteiger partial charge in [-0.15, -0.1) is 0 Å². The van der Waals surface area contributed by atoms with Crippen molar-refractivity contribution in [3.63, 3.8) is 0 Å². The Kier molecular flexibility index (Phi) is 4.44. The van der Waals surface area contributed by atoms with Gasteiger partial charge in [-0.2, -0.15) is 10.5 Å². The minimum Gasteiger partial charge on any atom is -0.497 e. The minimum absolute atomic E-state index is 0.638. The molecule has 0 amide bonds. The van der Waals surface area contributed by atoms with Crippen LogP contribution in [0, 0.1) is 22.7 Å². The number of ether oxygens (including phenoxy) is 1. The molecule has 0 fully saturated rings. The quantitative estimate of drug-likeness (QED) is 0.361. The highest BCUT2D eigenvalue weighted by Gasteiger charge is 2.37. The van der Waals surface area contributed by atoms with Gasteiger partial charge in [0.25, 0.3) is 0 Å². The van der Waals surface area contributed by atoms with Gasteiger partial charge in [-0.25, -0.2) is 0 Å². The second-order valence-electron chi connectivity index (χ2n) is 8.34. The van der Waals surface area contributed by atoms with Gasteiger partial charge in [0.05, 0.1) is 30.4 Å². The van der Waals surface area contributed by atoms with Crippen LogP contribution >= 0.6 is 0 Å². The molecule has 2 aliphatic carbocycles. The summed E-state index contributed by atoms with van der Waals surface area (Å²) in [5, 5.41) is 18.9. The molecule has 0 unspecified atom stereocenters. The summed E-state index contributed by atoms with van der Waals surface area (Å²) in [4.78, 5) is 0. The van der Waals surface area contributed by atoms with Crippen LogP contribution in [0.2, 0.25) is 0 Å². The zero-order chi connectivity index (χ0) is 23.2. The molecule has 4 aromatic rings. The van der Waals surface area contributed by atoms with E-state index < -0.39 is 0 Å². The van der Waals surface area contributed by atoms with Crippen molar-refractivity contribution in [1.82, 2.24) is 0 Å². The van der Waals surface area contributed by atoms with Crippen molar-refractivity contribution in [1.29, 1.82) is 10.5 Å². The van der Waals surface area contributed by atoms with Gasteiger partial charge in [0.1, 0.15) is 5.75 Å². The Balaban J connectivity index is 1.72. The predicted octanol–water partition coefficient (Wildman–Crippen LogP) is 6.68. The highest BCUT2D eigenvalue weighted by molar-refractivity contribution is 6.35. The summed E-state index contributed by atoms with van der Waals surface area (Å²) < 4.78 is 5.38. The smallest absolute Gasteiger partial charge is 0.118 e. The van der Waals surface area contributed by atoms with E-state index in [-0.39, 0.29) is 0 Å². The first-order valence-electron chi connectivity index (χ1n) is 11.0. The van der Waals surface area contributed by atoms with Crippen LogP contribution in [0.3, 0.4) is 0 Å². The van der Waals surface area contributed by atoms with Gasteiger partial charge in [-0.3, -0.25) is 0 Å². The summed E-state index contributed by atoms with van der Waals surface area (Å²) in [6, 6.07) is 34.8. The normalized spacial score (nSPS) is 13.1. The van der Waals surface area contributed by atoms with E-state index in [0.717, 1.165) is 39.1 Å². The largest absolute Gasteiger partial charge is 0.497 e. The highest BCUT2D eigenvalue weighted by Crippen LogP contribution is 2.58. The van der Waals surface area contributed by atoms with E-state index in [0.29, 0.717) is 11.1 Å². The average Bonchev–Trinajstić information content (AvgIpc) is 3.41. The molecule has 0 N–H and O–H groups in total. The van der Waals surface area contributed by atoms with Crippen LogP contribution in [0.5, 0.6) is 5.75 Å². The van der Waals surface area contributed by atoms with E-state index in [1.54, 1.807) is 7.11 Å². The van der Waals surface area contributed by atoms with E-state index in [2.05, 4.69) is 54.6 Å². The molecule has 3 heteroatoms. The van der Waals surface area contributed by atoms with E-state index >= 15 is 0 Å². The Hall–Kier alpha value is -4.86. The number of rotatable bonds is 3. The van der Waals surface area contributed by atoms with Gasteiger partial charge in [-0.05, 0) is 92.1 Å². The molecule has 0 radical (unpaired) electrons. The van der Waals surface area contributed by atoms with Crippen LogP contribution in [-0.2, 0) is 0 Å². The van der Waals surface area contributed by atoms with Crippen molar-refractivity contribution < 1.29 is 4.74 Å². The van der Waals surface area contributed by atoms with Gasteiger partial charge in [0, 0.05) is 0 Å². The van der Waals surface area contributed by atoms with Crippen molar-refractivity contribution in [3.05, 3.63) is 136 Å². The summed E-state index contributed by atoms with van der Waals surface area (Å²) in [5.41, 5.74) is 12.6. The zero-order valence-corrected chi connectivity index (χ0v) is 18.5. The van der Waals surface area contributed by atoms with Crippen molar-refractivity contribution in [2.75, 3.05) is 7.11 Å². The lowest BCUT2D eigenvalue weighted by Crippen LogP contribution is -1.93. The minimum atomic E-state index is 0.638. The Morgan fingerprint density at radius 2 is 1.03 bits per heavy atom. The van der Waals surface area contributed by atoms with Crippen LogP contribution in [0.4, 0.5) is 0 Å². The number of hydrogen-bond donors (Lipinski definition) is 0. The summed E-state index contributed by atoms with van der Waals surface area (Å²) in [6.07, 6.45) is 0. The van der Waals surface area contributed by atoms with Gasteiger partial charge >= 0.3 is 0 Å². The lowest BCUT2D eigenvalue weighted by Gasteiger charge is -2.12. The molecule has 34 heavy (non-hydrogen) atoms. The molecule has 2 aliphatic rings. The Morgan fingerprint density at radius 3 is 1.62 bits per heavy atom. The average molecular weight is 434 g/mol. The lowest BCUT2D eigenvalue weighted by atomic mass is 9.91. The molecular weight excluding hydrogens is 416 g/mol. The number of methoxy groups -OCH3 is 1. The molecule has 6 rings (SSSR count). The predicted molar refractivity (Wildman–Crippen MR) is 134 cm³/mol. The van der Waals surface area contributed by atoms with E-state index in [1.165, 1.54) is 22.3 Å². The molecule has 3 nitrogen and oxygen atoms in total. The molecule has 0 spiro atoms. The standard InChI is InChI=1S/C31H18N2O/c1-34-23-13-11-22(12-14-23)29-27-16-20(18-33)8-15-26(27)31-28(21-9-6-19(17-32)7-10-21)24-4-2-3-5-25(24)30(29)31/h2-16H,1H3. The zero-order valence-electron chi connectivity index (χ0n) is 18.5. The fourth-order valence-corrected chi connectivity index (χ4v) is 5.08. The number of fused-ring (bicyclic) bond motifs is 5. The van der Waals surface area contributed by atoms with Crippen molar-refractivity contribution >= 4 is 22.3 Å². The molecule has 4 aromatic carbocycles. The third-order valence-corrected chi connectivity index (χ3v) is 6.58. The molecule has 0 atom stereocenters. The maximum absolute atomic E-state index is 9.61. The molecule has 0 saturated heterocycles. The summed E-state index contributed by atoms with van der Waals surface area (Å²) in [6.45, 7) is 0. The van der Waals surface area contributed by atoms with Gasteiger partial charge in [-0.1, -0.05) is 54.6 Å². The van der Waals surface area contributed by atoms with E-state index in [1.807, 2.05) is 48.5 Å². The molecule has 0 heterocycles. The number of benzene rings is 4. The van der Waals surface area contributed by atoms with E-state index in [9.17, 15) is 10.5 Å². The fourth-order valence-electron chi connectivity index (χ4n) is 5.08. The molecule has 0 aliphatic heterocycles. The third-order valence-electron chi connectivity index (χ3n) is 6.58. The molecule has 0 saturated carbocycles. The lowest BCUT2D eigenvalue weighted by molar-refractivity contribution is 0.415. The third kappa shape index (κ3) is 2.82. The second-order valence-corrected chi connectivity index (χ2v) is 8.34. The molecule has 0 aromatic heterocycles. The SMILES string of the molecule is COc1ccc(C2=C3C(=C(c4ccc(C#N)cc4)c4ccccc43)c3ccc(C#N)cc32)cc1. The van der Waals surface area contributed by atoms with Crippen LogP contribution in [0.25, 0.3) is 22.3 Å². The van der Waals surface area contributed by atoms with Crippen molar-refractivity contribution in [2.24, 2.45) is 0 Å². The molecular formula is C31H18N2O. The Morgan fingerprint density at radius 1 is 0.529 bits per heavy atom. The van der Waals surface area contributed by atoms with Crippen molar-refractivity contribution in [3.8, 4) is 17.9 Å². The number of hydrogen-bond acceptors (Lipinski definition) is 3. The first kappa shape index (κ1) is 19.8. The second kappa shape index (κ2) is 7.62. The summed E-state index contributed by atoms with van der Waals surface area (Å²) in [7, 11) is 1.67. The summed E-state index contributed by atoms with van der Waals surface area (Å²) in [5.74, 6) is 0.805. The highest BCUT2D eigenvalue weighted by atomic mass is 16.5. The summed E-state index contributed by atoms with van der Waals surface area (Å²) >= 11 is 0. The van der Waals surface area contributed by atoms with Gasteiger partial charge in [0.2, 0.25) is 0 Å². The van der Waals surface area contributed by atoms with Crippen LogP contribution in [-0.4, -0.2) is 7.11 Å². The van der Waals surface area contributed by atoms with Crippen molar-refractivity contribution in [2.45, 2.75) is 0 Å². The topological polar surface area (TPSA) is 56.8 Å². The number of allylic oxidation sites excluding steroid dienone is 2. The first-order chi connectivity index (χ1) is 16.7. The Bertz CT molecular complexity index is 1620. The molecule has 158 valence electrons. The fraction of sp³-hybridized carbons (Fsp3) is 0.0323. The van der Waals surface area contributed by atoms with Crippen LogP contribution in [0.1, 0.15) is 44.5 Å². The maximum Gasteiger partial charge on any atom is 0.118 e. The Labute approximate surface area is 198 Å². The maximum atomic E-state index is 9.61. The number of nitrogens with zero attached hydrogens (tertiary/aromatic N) is 2. The van der Waals surface area contributed by atoms with Gasteiger partial charge in [0.15, 0.2) is 0 Å². The van der Waals surface area contributed by atoms with Crippen LogP contribution < -0.4 is 4.74 Å².